The molecule has 7 heteroatoms. The van der Waals surface area contributed by atoms with Gasteiger partial charge in [-0.05, 0) is 24.6 Å². The number of amides is 2. The van der Waals surface area contributed by atoms with Crippen LogP contribution in [0, 0.1) is 6.92 Å². The Balaban J connectivity index is 1.43. The molecule has 1 aromatic heterocycles. The molecule has 0 bridgehead atoms. The molecule has 0 aliphatic carbocycles. The van der Waals surface area contributed by atoms with Gasteiger partial charge in [0.15, 0.2) is 0 Å². The Hall–Kier alpha value is -3.09. The first-order valence-electron chi connectivity index (χ1n) is 8.99. The van der Waals surface area contributed by atoms with Crippen LogP contribution in [0.2, 0.25) is 0 Å². The Morgan fingerprint density at radius 3 is 2.70 bits per heavy atom. The summed E-state index contributed by atoms with van der Waals surface area (Å²) in [6.07, 6.45) is 0.175. The molecule has 1 aromatic carbocycles. The van der Waals surface area contributed by atoms with Crippen molar-refractivity contribution in [3.63, 3.8) is 0 Å². The number of rotatable bonds is 2. The van der Waals surface area contributed by atoms with Gasteiger partial charge in [-0.3, -0.25) is 5.32 Å². The molecule has 0 atom stereocenters. The van der Waals surface area contributed by atoms with Crippen molar-refractivity contribution >= 4 is 18.0 Å². The number of ether oxygens (including phenoxy) is 2. The fourth-order valence-corrected chi connectivity index (χ4v) is 3.61. The second-order valence-electron chi connectivity index (χ2n) is 6.88. The van der Waals surface area contributed by atoms with Gasteiger partial charge >= 0.3 is 12.2 Å². The van der Waals surface area contributed by atoms with Crippen LogP contribution in [0.15, 0.2) is 42.5 Å². The minimum absolute atomic E-state index is 0.242. The third kappa shape index (κ3) is 3.45. The van der Waals surface area contributed by atoms with Crippen molar-refractivity contribution in [1.29, 1.82) is 0 Å². The molecule has 1 saturated heterocycles. The van der Waals surface area contributed by atoms with Crippen molar-refractivity contribution < 1.29 is 19.1 Å². The van der Waals surface area contributed by atoms with Gasteiger partial charge in [-0.2, -0.15) is 0 Å². The quantitative estimate of drug-likeness (QED) is 0.877. The lowest BCUT2D eigenvalue weighted by molar-refractivity contribution is -0.0370. The molecule has 2 amide bonds. The average molecular weight is 367 g/mol. The van der Waals surface area contributed by atoms with Crippen molar-refractivity contribution in [3.8, 4) is 0 Å². The van der Waals surface area contributed by atoms with E-state index in [-0.39, 0.29) is 12.7 Å². The highest BCUT2D eigenvalue weighted by Gasteiger charge is 2.46. The van der Waals surface area contributed by atoms with Crippen molar-refractivity contribution in [2.45, 2.75) is 32.0 Å². The number of fused-ring (bicyclic) bond motifs is 2. The SMILES string of the molecule is Cc1ccc2c(n1)NC(=O)OC21CCN(C(=O)OCc2ccccc2)CC1. The first-order valence-corrected chi connectivity index (χ1v) is 8.99. The lowest BCUT2D eigenvalue weighted by Crippen LogP contribution is -2.50. The van der Waals surface area contributed by atoms with Gasteiger partial charge in [0.05, 0.1) is 0 Å². The Bertz CT molecular complexity index is 861. The summed E-state index contributed by atoms with van der Waals surface area (Å²) in [5.41, 5.74) is 1.90. The summed E-state index contributed by atoms with van der Waals surface area (Å²) in [5, 5.41) is 2.67. The van der Waals surface area contributed by atoms with Crippen LogP contribution in [-0.4, -0.2) is 35.2 Å². The number of hydrogen-bond acceptors (Lipinski definition) is 5. The predicted molar refractivity (Wildman–Crippen MR) is 98.2 cm³/mol. The standard InChI is InChI=1S/C20H21N3O4/c1-14-7-8-16-17(21-14)22-18(24)27-20(16)9-11-23(12-10-20)19(25)26-13-15-5-3-2-4-6-15/h2-8H,9-13H2,1H3,(H,21,22,24). The van der Waals surface area contributed by atoms with Crippen LogP contribution < -0.4 is 5.32 Å². The maximum atomic E-state index is 12.4. The molecular formula is C20H21N3O4. The number of nitrogens with one attached hydrogen (secondary N) is 1. The molecule has 27 heavy (non-hydrogen) atoms. The van der Waals surface area contributed by atoms with Gasteiger partial charge in [-0.25, -0.2) is 14.6 Å². The number of benzene rings is 1. The third-order valence-electron chi connectivity index (χ3n) is 5.07. The van der Waals surface area contributed by atoms with Gasteiger partial charge in [0, 0.05) is 37.2 Å². The number of anilines is 1. The van der Waals surface area contributed by atoms with Gasteiger partial charge in [0.1, 0.15) is 18.0 Å². The van der Waals surface area contributed by atoms with Gasteiger partial charge in [0.2, 0.25) is 0 Å². The van der Waals surface area contributed by atoms with Crippen molar-refractivity contribution in [2.75, 3.05) is 18.4 Å². The molecule has 1 fully saturated rings. The van der Waals surface area contributed by atoms with Crippen LogP contribution >= 0.6 is 0 Å². The first-order chi connectivity index (χ1) is 13.1. The molecule has 3 heterocycles. The number of hydrogen-bond donors (Lipinski definition) is 1. The summed E-state index contributed by atoms with van der Waals surface area (Å²) in [7, 11) is 0. The number of aromatic nitrogens is 1. The molecule has 0 radical (unpaired) electrons. The number of piperidine rings is 1. The van der Waals surface area contributed by atoms with Crippen LogP contribution in [-0.2, 0) is 21.7 Å². The Morgan fingerprint density at radius 2 is 1.96 bits per heavy atom. The molecule has 2 aliphatic heterocycles. The number of pyridine rings is 1. The van der Waals surface area contributed by atoms with E-state index in [1.165, 1.54) is 0 Å². The van der Waals surface area contributed by atoms with Crippen molar-refractivity contribution in [3.05, 3.63) is 59.3 Å². The molecule has 2 aromatic rings. The highest BCUT2D eigenvalue weighted by Crippen LogP contribution is 2.42. The van der Waals surface area contributed by atoms with Crippen molar-refractivity contribution in [1.82, 2.24) is 9.88 Å². The molecule has 1 N–H and O–H groups in total. The second kappa shape index (κ2) is 6.90. The smallest absolute Gasteiger partial charge is 0.413 e. The van der Waals surface area contributed by atoms with E-state index in [4.69, 9.17) is 9.47 Å². The van der Waals surface area contributed by atoms with Gasteiger partial charge in [-0.1, -0.05) is 30.3 Å². The molecule has 1 spiro atoms. The minimum atomic E-state index is -0.741. The molecule has 2 aliphatic rings. The molecule has 7 nitrogen and oxygen atoms in total. The predicted octanol–water partition coefficient (Wildman–Crippen LogP) is 3.58. The zero-order chi connectivity index (χ0) is 18.9. The van der Waals surface area contributed by atoms with E-state index >= 15 is 0 Å². The summed E-state index contributed by atoms with van der Waals surface area (Å²) in [6.45, 7) is 3.02. The second-order valence-corrected chi connectivity index (χ2v) is 6.88. The molecule has 0 unspecified atom stereocenters. The van der Waals surface area contributed by atoms with Crippen LogP contribution in [0.5, 0.6) is 0 Å². The van der Waals surface area contributed by atoms with Gasteiger partial charge in [0.25, 0.3) is 0 Å². The lowest BCUT2D eigenvalue weighted by atomic mass is 9.83. The van der Waals surface area contributed by atoms with Gasteiger partial charge < -0.3 is 14.4 Å². The first kappa shape index (κ1) is 17.3. The molecule has 4 rings (SSSR count). The van der Waals surface area contributed by atoms with E-state index in [0.29, 0.717) is 31.7 Å². The van der Waals surface area contributed by atoms with Crippen LogP contribution in [0.3, 0.4) is 0 Å². The summed E-state index contributed by atoms with van der Waals surface area (Å²) >= 11 is 0. The topological polar surface area (TPSA) is 80.8 Å². The summed E-state index contributed by atoms with van der Waals surface area (Å²) in [6, 6.07) is 13.4. The molecular weight excluding hydrogens is 346 g/mol. The molecule has 0 saturated carbocycles. The zero-order valence-electron chi connectivity index (χ0n) is 15.1. The summed E-state index contributed by atoms with van der Waals surface area (Å²) in [4.78, 5) is 30.4. The maximum absolute atomic E-state index is 12.4. The summed E-state index contributed by atoms with van der Waals surface area (Å²) in [5.74, 6) is 0.548. The average Bonchev–Trinajstić information content (AvgIpc) is 2.67. The number of carbonyl (C=O) groups is 2. The Morgan fingerprint density at radius 1 is 1.22 bits per heavy atom. The van der Waals surface area contributed by atoms with E-state index in [0.717, 1.165) is 16.8 Å². The Labute approximate surface area is 157 Å². The van der Waals surface area contributed by atoms with Crippen LogP contribution in [0.4, 0.5) is 15.4 Å². The highest BCUT2D eigenvalue weighted by atomic mass is 16.6. The zero-order valence-corrected chi connectivity index (χ0v) is 15.1. The van der Waals surface area contributed by atoms with E-state index in [1.54, 1.807) is 4.90 Å². The third-order valence-corrected chi connectivity index (χ3v) is 5.07. The maximum Gasteiger partial charge on any atom is 0.413 e. The van der Waals surface area contributed by atoms with E-state index in [1.807, 2.05) is 49.4 Å². The summed E-state index contributed by atoms with van der Waals surface area (Å²) < 4.78 is 11.1. The largest absolute Gasteiger partial charge is 0.445 e. The highest BCUT2D eigenvalue weighted by molar-refractivity contribution is 5.87. The monoisotopic (exact) mass is 367 g/mol. The Kier molecular flexibility index (Phi) is 4.43. The lowest BCUT2D eigenvalue weighted by Gasteiger charge is -2.43. The van der Waals surface area contributed by atoms with Crippen LogP contribution in [0.1, 0.15) is 29.7 Å². The van der Waals surface area contributed by atoms with E-state index in [9.17, 15) is 9.59 Å². The number of likely N-dealkylation sites (tertiary alicyclic amines) is 1. The normalized spacial score (nSPS) is 17.7. The van der Waals surface area contributed by atoms with E-state index in [2.05, 4.69) is 10.3 Å². The fourth-order valence-electron chi connectivity index (χ4n) is 3.61. The van der Waals surface area contributed by atoms with E-state index < -0.39 is 11.7 Å². The minimum Gasteiger partial charge on any atom is -0.445 e. The fraction of sp³-hybridized carbons (Fsp3) is 0.350. The number of carbonyl (C=O) groups excluding carboxylic acids is 2. The number of nitrogens with zero attached hydrogens (tertiary/aromatic N) is 2. The number of aryl methyl sites for hydroxylation is 1. The van der Waals surface area contributed by atoms with Crippen LogP contribution in [0.25, 0.3) is 0 Å². The van der Waals surface area contributed by atoms with Gasteiger partial charge in [-0.15, -0.1) is 0 Å². The van der Waals surface area contributed by atoms with Crippen molar-refractivity contribution in [2.24, 2.45) is 0 Å². The molecule has 140 valence electrons.